The van der Waals surface area contributed by atoms with Crippen molar-refractivity contribution in [3.05, 3.63) is 0 Å². The number of fused-ring (bicyclic) bond motifs is 1. The Hall–Kier alpha value is -1.96. The van der Waals surface area contributed by atoms with Gasteiger partial charge in [0.15, 0.2) is 5.84 Å². The van der Waals surface area contributed by atoms with E-state index in [1.807, 2.05) is 0 Å². The standard InChI is InChI=1S/C17H26N4O4/c1-9(2)11-7-6-10(3)8-12(11)25-17-13(18-16(24)21(17)5)20(4)15(23)19-14(17)22/h9-12H,6-8H2,1-5H3,(H,19,22,23)/t10-,11+,12-,17-/m1/s1. The van der Waals surface area contributed by atoms with Crippen molar-refractivity contribution in [2.75, 3.05) is 14.1 Å². The number of likely N-dealkylation sites (N-methyl/N-ethyl adjacent to an activating group) is 2. The zero-order valence-electron chi connectivity index (χ0n) is 15.4. The molecule has 8 nitrogen and oxygen atoms in total. The molecule has 0 spiro atoms. The molecule has 0 unspecified atom stereocenters. The molecule has 5 amide bonds. The Bertz CT molecular complexity index is 647. The van der Waals surface area contributed by atoms with E-state index in [4.69, 9.17) is 4.74 Å². The maximum absolute atomic E-state index is 12.8. The zero-order valence-corrected chi connectivity index (χ0v) is 15.4. The van der Waals surface area contributed by atoms with E-state index in [1.54, 1.807) is 0 Å². The average Bonchev–Trinajstić information content (AvgIpc) is 2.79. The van der Waals surface area contributed by atoms with Crippen LogP contribution in [0.1, 0.15) is 40.0 Å². The molecule has 2 fully saturated rings. The third kappa shape index (κ3) is 2.63. The Morgan fingerprint density at radius 3 is 2.56 bits per heavy atom. The first-order valence-corrected chi connectivity index (χ1v) is 8.82. The molecule has 1 N–H and O–H groups in total. The molecule has 0 aromatic carbocycles. The van der Waals surface area contributed by atoms with Gasteiger partial charge in [-0.05, 0) is 30.6 Å². The van der Waals surface area contributed by atoms with Crippen LogP contribution in [0, 0.1) is 17.8 Å². The summed E-state index contributed by atoms with van der Waals surface area (Å²) in [6.07, 6.45) is 2.76. The summed E-state index contributed by atoms with van der Waals surface area (Å²) in [6, 6.07) is -1.19. The number of ether oxygens (including phenoxy) is 1. The normalized spacial score (nSPS) is 35.8. The molecule has 0 bridgehead atoms. The van der Waals surface area contributed by atoms with Gasteiger partial charge in [-0.15, -0.1) is 0 Å². The van der Waals surface area contributed by atoms with Crippen LogP contribution >= 0.6 is 0 Å². The molecule has 25 heavy (non-hydrogen) atoms. The van der Waals surface area contributed by atoms with Crippen molar-refractivity contribution < 1.29 is 19.1 Å². The Kier molecular flexibility index (Phi) is 4.35. The molecule has 2 heterocycles. The maximum atomic E-state index is 12.8. The van der Waals surface area contributed by atoms with Gasteiger partial charge in [-0.25, -0.2) is 9.59 Å². The third-order valence-corrected chi connectivity index (χ3v) is 5.70. The van der Waals surface area contributed by atoms with Crippen LogP contribution in [0.15, 0.2) is 4.99 Å². The van der Waals surface area contributed by atoms with Crippen molar-refractivity contribution in [1.29, 1.82) is 0 Å². The van der Waals surface area contributed by atoms with Crippen molar-refractivity contribution in [2.45, 2.75) is 51.9 Å². The van der Waals surface area contributed by atoms with Gasteiger partial charge in [0.2, 0.25) is 0 Å². The van der Waals surface area contributed by atoms with E-state index >= 15 is 0 Å². The minimum atomic E-state index is -1.67. The van der Waals surface area contributed by atoms with Crippen LogP contribution in [0.2, 0.25) is 0 Å². The summed E-state index contributed by atoms with van der Waals surface area (Å²) in [6.45, 7) is 6.45. The zero-order chi connectivity index (χ0) is 18.5. The Balaban J connectivity index is 1.99. The van der Waals surface area contributed by atoms with E-state index in [1.165, 1.54) is 23.9 Å². The fourth-order valence-electron chi connectivity index (χ4n) is 4.10. The second-order valence-corrected chi connectivity index (χ2v) is 7.72. The number of carbonyl (C=O) groups excluding carboxylic acids is 3. The van der Waals surface area contributed by atoms with Crippen LogP contribution in [-0.4, -0.2) is 59.5 Å². The van der Waals surface area contributed by atoms with Crippen molar-refractivity contribution in [3.8, 4) is 0 Å². The predicted molar refractivity (Wildman–Crippen MR) is 90.8 cm³/mol. The van der Waals surface area contributed by atoms with Crippen LogP contribution in [-0.2, 0) is 9.53 Å². The van der Waals surface area contributed by atoms with Gasteiger partial charge in [0.25, 0.3) is 11.6 Å². The summed E-state index contributed by atoms with van der Waals surface area (Å²) in [5.41, 5.74) is -1.67. The molecule has 1 saturated carbocycles. The van der Waals surface area contributed by atoms with E-state index in [-0.39, 0.29) is 17.9 Å². The lowest BCUT2D eigenvalue weighted by molar-refractivity contribution is -0.176. The third-order valence-electron chi connectivity index (χ3n) is 5.70. The van der Waals surface area contributed by atoms with E-state index in [0.717, 1.165) is 19.3 Å². The molecule has 0 aromatic heterocycles. The quantitative estimate of drug-likeness (QED) is 0.840. The first kappa shape index (κ1) is 17.8. The Morgan fingerprint density at radius 1 is 1.24 bits per heavy atom. The van der Waals surface area contributed by atoms with Crippen molar-refractivity contribution in [2.24, 2.45) is 22.7 Å². The van der Waals surface area contributed by atoms with Gasteiger partial charge in [0, 0.05) is 14.1 Å². The van der Waals surface area contributed by atoms with Crippen LogP contribution in [0.5, 0.6) is 0 Å². The average molecular weight is 350 g/mol. The molecule has 138 valence electrons. The summed E-state index contributed by atoms with van der Waals surface area (Å²) in [4.78, 5) is 43.2. The smallest absolute Gasteiger partial charge is 0.337 e. The number of nitrogens with one attached hydrogen (secondary N) is 1. The monoisotopic (exact) mass is 350 g/mol. The molecule has 1 saturated heterocycles. The minimum absolute atomic E-state index is 0.0504. The van der Waals surface area contributed by atoms with Crippen LogP contribution in [0.25, 0.3) is 0 Å². The molecule has 1 aliphatic carbocycles. The lowest BCUT2D eigenvalue weighted by atomic mass is 9.75. The first-order valence-electron chi connectivity index (χ1n) is 8.82. The summed E-state index contributed by atoms with van der Waals surface area (Å²) in [5.74, 6) is 0.553. The van der Waals surface area contributed by atoms with Crippen LogP contribution < -0.4 is 5.32 Å². The maximum Gasteiger partial charge on any atom is 0.348 e. The Morgan fingerprint density at radius 2 is 1.92 bits per heavy atom. The highest BCUT2D eigenvalue weighted by Crippen LogP contribution is 2.40. The highest BCUT2D eigenvalue weighted by Gasteiger charge is 2.62. The lowest BCUT2D eigenvalue weighted by Gasteiger charge is -2.46. The molecular weight excluding hydrogens is 324 g/mol. The van der Waals surface area contributed by atoms with Crippen molar-refractivity contribution in [3.63, 3.8) is 0 Å². The number of rotatable bonds is 3. The molecule has 8 heteroatoms. The van der Waals surface area contributed by atoms with Crippen molar-refractivity contribution in [1.82, 2.24) is 15.1 Å². The van der Waals surface area contributed by atoms with Gasteiger partial charge in [0.05, 0.1) is 6.10 Å². The number of aliphatic imine (C=N–C) groups is 1. The van der Waals surface area contributed by atoms with Crippen LogP contribution in [0.3, 0.4) is 0 Å². The highest BCUT2D eigenvalue weighted by molar-refractivity contribution is 6.27. The molecule has 4 atom stereocenters. The number of amidine groups is 1. The summed E-state index contributed by atoms with van der Waals surface area (Å²) in [5, 5.41) is 2.29. The molecular formula is C17H26N4O4. The van der Waals surface area contributed by atoms with E-state index in [2.05, 4.69) is 31.1 Å². The largest absolute Gasteiger partial charge is 0.348 e. The Labute approximate surface area is 147 Å². The number of carbonyl (C=O) groups is 3. The number of hydrogen-bond acceptors (Lipinski definition) is 4. The van der Waals surface area contributed by atoms with Crippen LogP contribution in [0.4, 0.5) is 9.59 Å². The number of urea groups is 2. The van der Waals surface area contributed by atoms with Crippen molar-refractivity contribution >= 4 is 23.8 Å². The fraction of sp³-hybridized carbons (Fsp3) is 0.765. The summed E-state index contributed by atoms with van der Waals surface area (Å²) < 4.78 is 6.37. The molecule has 3 aliphatic rings. The van der Waals surface area contributed by atoms with E-state index < -0.39 is 23.7 Å². The number of imide groups is 1. The first-order chi connectivity index (χ1) is 11.7. The fourth-order valence-corrected chi connectivity index (χ4v) is 4.10. The van der Waals surface area contributed by atoms with Gasteiger partial charge in [0.1, 0.15) is 0 Å². The molecule has 0 radical (unpaired) electrons. The van der Waals surface area contributed by atoms with E-state index in [0.29, 0.717) is 11.8 Å². The number of amides is 5. The summed E-state index contributed by atoms with van der Waals surface area (Å²) >= 11 is 0. The van der Waals surface area contributed by atoms with Gasteiger partial charge < -0.3 is 4.74 Å². The highest BCUT2D eigenvalue weighted by atomic mass is 16.5. The topological polar surface area (TPSA) is 91.3 Å². The summed E-state index contributed by atoms with van der Waals surface area (Å²) in [7, 11) is 2.97. The number of nitrogens with zero attached hydrogens (tertiary/aromatic N) is 3. The molecule has 3 rings (SSSR count). The minimum Gasteiger partial charge on any atom is -0.337 e. The van der Waals surface area contributed by atoms with Gasteiger partial charge in [-0.1, -0.05) is 27.2 Å². The van der Waals surface area contributed by atoms with Gasteiger partial charge >= 0.3 is 12.1 Å². The second-order valence-electron chi connectivity index (χ2n) is 7.72. The van der Waals surface area contributed by atoms with E-state index in [9.17, 15) is 14.4 Å². The second kappa shape index (κ2) is 6.09. The predicted octanol–water partition coefficient (Wildman–Crippen LogP) is 1.81. The number of hydrogen-bond donors (Lipinski definition) is 1. The SMILES string of the molecule is CC(C)[C@@H]1CC[C@@H](C)C[C@H]1O[C@@]12C(=O)NC(=O)N(C)C1=NC(=O)N2C. The lowest BCUT2D eigenvalue weighted by Crippen LogP contribution is -2.72. The van der Waals surface area contributed by atoms with Gasteiger partial charge in [-0.3, -0.25) is 19.9 Å². The molecule has 0 aromatic rings. The van der Waals surface area contributed by atoms with Gasteiger partial charge in [-0.2, -0.15) is 4.99 Å². The molecule has 2 aliphatic heterocycles.